The van der Waals surface area contributed by atoms with E-state index in [2.05, 4.69) is 5.32 Å². The van der Waals surface area contributed by atoms with Crippen molar-refractivity contribution in [1.82, 2.24) is 0 Å². The molecule has 0 aliphatic carbocycles. The molecule has 0 bridgehead atoms. The molecule has 0 unspecified atom stereocenters. The summed E-state index contributed by atoms with van der Waals surface area (Å²) in [6, 6.07) is 12.8. The summed E-state index contributed by atoms with van der Waals surface area (Å²) in [5.74, 6) is 0.756. The number of ether oxygens (including phenoxy) is 1. The highest BCUT2D eigenvalue weighted by Gasteiger charge is 2.10. The van der Waals surface area contributed by atoms with E-state index in [0.29, 0.717) is 17.1 Å². The minimum Gasteiger partial charge on any atom is -0.497 e. The van der Waals surface area contributed by atoms with E-state index in [9.17, 15) is 8.42 Å². The molecule has 0 heterocycles. The molecule has 1 N–H and O–H groups in total. The number of methoxy groups -OCH3 is 1. The van der Waals surface area contributed by atoms with Crippen LogP contribution < -0.4 is 10.1 Å². The van der Waals surface area contributed by atoms with Crippen LogP contribution in [0.4, 0.5) is 5.69 Å². The molecule has 0 amide bonds. The van der Waals surface area contributed by atoms with Crippen molar-refractivity contribution >= 4 is 27.1 Å². The van der Waals surface area contributed by atoms with Crippen LogP contribution in [0.5, 0.6) is 5.75 Å². The van der Waals surface area contributed by atoms with Crippen molar-refractivity contribution < 1.29 is 13.2 Å². The van der Waals surface area contributed by atoms with Gasteiger partial charge in [0.2, 0.25) is 0 Å². The summed E-state index contributed by atoms with van der Waals surface area (Å²) < 4.78 is 28.2. The van der Waals surface area contributed by atoms with Gasteiger partial charge in [-0.05, 0) is 35.4 Å². The molecule has 0 spiro atoms. The zero-order valence-corrected chi connectivity index (χ0v) is 14.0. The molecule has 0 fully saturated rings. The molecule has 118 valence electrons. The summed E-state index contributed by atoms with van der Waals surface area (Å²) in [4.78, 5) is 0. The molecule has 22 heavy (non-hydrogen) atoms. The van der Waals surface area contributed by atoms with Gasteiger partial charge in [-0.2, -0.15) is 0 Å². The van der Waals surface area contributed by atoms with Gasteiger partial charge in [0.15, 0.2) is 9.84 Å². The lowest BCUT2D eigenvalue weighted by Gasteiger charge is -2.13. The molecule has 0 aliphatic heterocycles. The molecule has 4 nitrogen and oxygen atoms in total. The van der Waals surface area contributed by atoms with E-state index in [1.54, 1.807) is 25.3 Å². The van der Waals surface area contributed by atoms with Gasteiger partial charge in [-0.15, -0.1) is 0 Å². The highest BCUT2D eigenvalue weighted by Crippen LogP contribution is 2.24. The number of nitrogens with one attached hydrogen (secondary N) is 1. The van der Waals surface area contributed by atoms with E-state index in [4.69, 9.17) is 16.3 Å². The Bertz CT molecular complexity index is 760. The summed E-state index contributed by atoms with van der Waals surface area (Å²) in [7, 11) is -1.49. The third-order valence-electron chi connectivity index (χ3n) is 3.11. The van der Waals surface area contributed by atoms with Crippen LogP contribution in [0.15, 0.2) is 42.5 Å². The lowest BCUT2D eigenvalue weighted by atomic mass is 10.1. The third-order valence-corrected chi connectivity index (χ3v) is 4.18. The Balaban J connectivity index is 2.19. The fraction of sp³-hybridized carbons (Fsp3) is 0.250. The Hall–Kier alpha value is -1.72. The minimum atomic E-state index is -3.11. The number of hydrogen-bond donors (Lipinski definition) is 1. The van der Waals surface area contributed by atoms with Crippen LogP contribution in [0.2, 0.25) is 5.02 Å². The van der Waals surface area contributed by atoms with Gasteiger partial charge in [0.05, 0.1) is 12.9 Å². The maximum absolute atomic E-state index is 11.5. The molecule has 2 rings (SSSR count). The van der Waals surface area contributed by atoms with E-state index >= 15 is 0 Å². The number of anilines is 1. The average molecular weight is 340 g/mol. The molecule has 6 heteroatoms. The normalized spacial score (nSPS) is 11.2. The predicted octanol–water partition coefficient (Wildman–Crippen LogP) is 3.51. The molecule has 2 aromatic rings. The highest BCUT2D eigenvalue weighted by atomic mass is 35.5. The fourth-order valence-corrected chi connectivity index (χ4v) is 3.09. The van der Waals surface area contributed by atoms with Gasteiger partial charge in [-0.3, -0.25) is 0 Å². The van der Waals surface area contributed by atoms with E-state index in [1.165, 1.54) is 6.26 Å². The van der Waals surface area contributed by atoms with Gasteiger partial charge in [0, 0.05) is 23.5 Å². The lowest BCUT2D eigenvalue weighted by Crippen LogP contribution is -2.07. The Labute approximate surface area is 136 Å². The monoisotopic (exact) mass is 339 g/mol. The molecule has 2 aromatic carbocycles. The van der Waals surface area contributed by atoms with Crippen molar-refractivity contribution in [2.75, 3.05) is 18.7 Å². The van der Waals surface area contributed by atoms with Crippen LogP contribution in [0, 0.1) is 0 Å². The first kappa shape index (κ1) is 16.6. The van der Waals surface area contributed by atoms with Crippen LogP contribution in [0.3, 0.4) is 0 Å². The molecule has 0 atom stereocenters. The van der Waals surface area contributed by atoms with E-state index in [1.807, 2.05) is 24.3 Å². The molecule has 0 aliphatic rings. The van der Waals surface area contributed by atoms with Crippen molar-refractivity contribution in [3.05, 3.63) is 58.6 Å². The number of benzene rings is 2. The SMILES string of the molecule is COc1cccc(CNc2cc(Cl)ccc2CS(C)(=O)=O)c1. The first-order valence-corrected chi connectivity index (χ1v) is 9.14. The second-order valence-corrected chi connectivity index (χ2v) is 7.65. The molecule has 0 saturated heterocycles. The van der Waals surface area contributed by atoms with Gasteiger partial charge < -0.3 is 10.1 Å². The Kier molecular flexibility index (Phi) is 5.32. The fourth-order valence-electron chi connectivity index (χ4n) is 2.10. The summed E-state index contributed by atoms with van der Waals surface area (Å²) in [6.07, 6.45) is 1.22. The van der Waals surface area contributed by atoms with Crippen molar-refractivity contribution in [3.8, 4) is 5.75 Å². The number of hydrogen-bond acceptors (Lipinski definition) is 4. The van der Waals surface area contributed by atoms with Crippen LogP contribution in [-0.4, -0.2) is 21.8 Å². The topological polar surface area (TPSA) is 55.4 Å². The number of halogens is 1. The molecular formula is C16H18ClNO3S. The van der Waals surface area contributed by atoms with E-state index in [0.717, 1.165) is 17.0 Å². The van der Waals surface area contributed by atoms with Crippen molar-refractivity contribution in [2.45, 2.75) is 12.3 Å². The van der Waals surface area contributed by atoms with Gasteiger partial charge in [-0.25, -0.2) is 8.42 Å². The summed E-state index contributed by atoms with van der Waals surface area (Å²) in [5.41, 5.74) is 2.46. The van der Waals surface area contributed by atoms with Gasteiger partial charge in [0.25, 0.3) is 0 Å². The molecule has 0 aromatic heterocycles. The first-order valence-electron chi connectivity index (χ1n) is 6.70. The highest BCUT2D eigenvalue weighted by molar-refractivity contribution is 7.89. The zero-order chi connectivity index (χ0) is 16.2. The maximum atomic E-state index is 11.5. The van der Waals surface area contributed by atoms with Crippen LogP contribution >= 0.6 is 11.6 Å². The van der Waals surface area contributed by atoms with Gasteiger partial charge in [-0.1, -0.05) is 29.8 Å². The Morgan fingerprint density at radius 2 is 1.95 bits per heavy atom. The standard InChI is InChI=1S/C16H18ClNO3S/c1-21-15-5-3-4-12(8-15)10-18-16-9-14(17)7-6-13(16)11-22(2,19)20/h3-9,18H,10-11H2,1-2H3. The van der Waals surface area contributed by atoms with Crippen molar-refractivity contribution in [1.29, 1.82) is 0 Å². The van der Waals surface area contributed by atoms with Crippen LogP contribution in [-0.2, 0) is 22.1 Å². The van der Waals surface area contributed by atoms with Crippen molar-refractivity contribution in [3.63, 3.8) is 0 Å². The first-order chi connectivity index (χ1) is 10.4. The lowest BCUT2D eigenvalue weighted by molar-refractivity contribution is 0.414. The summed E-state index contributed by atoms with van der Waals surface area (Å²) in [5, 5.41) is 3.80. The largest absolute Gasteiger partial charge is 0.497 e. The molecule has 0 saturated carbocycles. The average Bonchev–Trinajstić information content (AvgIpc) is 2.46. The van der Waals surface area contributed by atoms with Crippen molar-refractivity contribution in [2.24, 2.45) is 0 Å². The van der Waals surface area contributed by atoms with Crippen LogP contribution in [0.1, 0.15) is 11.1 Å². The second-order valence-electron chi connectivity index (χ2n) is 5.08. The summed E-state index contributed by atoms with van der Waals surface area (Å²) in [6.45, 7) is 0.550. The maximum Gasteiger partial charge on any atom is 0.151 e. The zero-order valence-electron chi connectivity index (χ0n) is 12.5. The van der Waals surface area contributed by atoms with Gasteiger partial charge in [0.1, 0.15) is 5.75 Å². The van der Waals surface area contributed by atoms with Gasteiger partial charge >= 0.3 is 0 Å². The predicted molar refractivity (Wildman–Crippen MR) is 90.3 cm³/mol. The molecular weight excluding hydrogens is 322 g/mol. The Morgan fingerprint density at radius 3 is 2.64 bits per heavy atom. The Morgan fingerprint density at radius 1 is 1.18 bits per heavy atom. The van der Waals surface area contributed by atoms with E-state index < -0.39 is 9.84 Å². The van der Waals surface area contributed by atoms with E-state index in [-0.39, 0.29) is 5.75 Å². The smallest absolute Gasteiger partial charge is 0.151 e. The number of rotatable bonds is 6. The third kappa shape index (κ3) is 4.93. The summed E-state index contributed by atoms with van der Waals surface area (Å²) >= 11 is 6.01. The minimum absolute atomic E-state index is 0.0232. The van der Waals surface area contributed by atoms with Crippen LogP contribution in [0.25, 0.3) is 0 Å². The second kappa shape index (κ2) is 7.03. The quantitative estimate of drug-likeness (QED) is 0.875. The molecule has 0 radical (unpaired) electrons. The number of sulfone groups is 1.